The Kier molecular flexibility index (Phi) is 3.07. The Hall–Kier alpha value is -0.480. The van der Waals surface area contributed by atoms with Crippen molar-refractivity contribution in [1.82, 2.24) is 5.32 Å². The van der Waals surface area contributed by atoms with E-state index >= 15 is 0 Å². The molecule has 1 N–H and O–H groups in total. The summed E-state index contributed by atoms with van der Waals surface area (Å²) in [7, 11) is 0. The normalized spacial score (nSPS) is 25.8. The molecule has 0 aliphatic carbocycles. The molecule has 0 aromatic heterocycles. The summed E-state index contributed by atoms with van der Waals surface area (Å²) in [6.45, 7) is 0.991. The Morgan fingerprint density at radius 3 is 2.93 bits per heavy atom. The summed E-state index contributed by atoms with van der Waals surface area (Å²) in [4.78, 5) is 0. The molecule has 15 heavy (non-hydrogen) atoms. The fourth-order valence-electron chi connectivity index (χ4n) is 1.88. The molecule has 1 unspecified atom stereocenters. The lowest BCUT2D eigenvalue weighted by Gasteiger charge is -2.18. The van der Waals surface area contributed by atoms with E-state index in [0.29, 0.717) is 25.1 Å². The van der Waals surface area contributed by atoms with E-state index in [2.05, 4.69) is 21.2 Å². The van der Waals surface area contributed by atoms with E-state index in [1.165, 1.54) is 6.07 Å². The van der Waals surface area contributed by atoms with Crippen molar-refractivity contribution in [3.8, 4) is 0 Å². The van der Waals surface area contributed by atoms with E-state index in [0.717, 1.165) is 4.47 Å². The van der Waals surface area contributed by atoms with Gasteiger partial charge >= 0.3 is 0 Å². The largest absolute Gasteiger partial charge is 0.313 e. The summed E-state index contributed by atoms with van der Waals surface area (Å²) in [5, 5.41) is 2.96. The zero-order valence-electron chi connectivity index (χ0n) is 8.19. The molecule has 2 rings (SSSR count). The summed E-state index contributed by atoms with van der Waals surface area (Å²) in [6, 6.07) is 4.64. The average molecular weight is 276 g/mol. The van der Waals surface area contributed by atoms with Crippen molar-refractivity contribution in [3.05, 3.63) is 34.1 Å². The maximum Gasteiger partial charge on any atom is 0.128 e. The summed E-state index contributed by atoms with van der Waals surface area (Å²) in [6.07, 6.45) is 0.601. The highest BCUT2D eigenvalue weighted by Gasteiger charge is 2.34. The van der Waals surface area contributed by atoms with Crippen LogP contribution < -0.4 is 5.32 Å². The van der Waals surface area contributed by atoms with Crippen molar-refractivity contribution in [2.45, 2.75) is 18.5 Å². The SMILES string of the molecule is Fc1ccc(Br)cc1CC1(F)CCNC1. The Bertz CT molecular complexity index is 362. The van der Waals surface area contributed by atoms with Gasteiger partial charge in [0.1, 0.15) is 11.5 Å². The maximum absolute atomic E-state index is 14.1. The minimum atomic E-state index is -1.29. The molecule has 1 aromatic rings. The Labute approximate surface area is 96.0 Å². The van der Waals surface area contributed by atoms with E-state index in [-0.39, 0.29) is 12.2 Å². The third-order valence-corrected chi connectivity index (χ3v) is 3.20. The molecule has 0 saturated carbocycles. The highest BCUT2D eigenvalue weighted by atomic mass is 79.9. The Morgan fingerprint density at radius 2 is 2.27 bits per heavy atom. The van der Waals surface area contributed by atoms with Gasteiger partial charge in [-0.3, -0.25) is 0 Å². The lowest BCUT2D eigenvalue weighted by Crippen LogP contribution is -2.29. The van der Waals surface area contributed by atoms with E-state index in [9.17, 15) is 8.78 Å². The number of hydrogen-bond donors (Lipinski definition) is 1. The maximum atomic E-state index is 14.1. The first-order valence-electron chi connectivity index (χ1n) is 4.93. The van der Waals surface area contributed by atoms with Crippen LogP contribution in [0.5, 0.6) is 0 Å². The fraction of sp³-hybridized carbons (Fsp3) is 0.455. The second kappa shape index (κ2) is 4.18. The van der Waals surface area contributed by atoms with Crippen LogP contribution in [-0.4, -0.2) is 18.8 Å². The van der Waals surface area contributed by atoms with E-state index in [4.69, 9.17) is 0 Å². The van der Waals surface area contributed by atoms with Gasteiger partial charge in [0.2, 0.25) is 0 Å². The summed E-state index contributed by atoms with van der Waals surface area (Å²) < 4.78 is 28.2. The van der Waals surface area contributed by atoms with Gasteiger partial charge in [0.05, 0.1) is 0 Å². The standard InChI is InChI=1S/C11H12BrF2N/c12-9-1-2-10(13)8(5-9)6-11(14)3-4-15-7-11/h1-2,5,15H,3-4,6-7H2. The Balaban J connectivity index is 2.19. The molecular formula is C11H12BrF2N. The molecule has 1 fully saturated rings. The molecule has 0 amide bonds. The monoisotopic (exact) mass is 275 g/mol. The number of alkyl halides is 1. The Morgan fingerprint density at radius 1 is 1.47 bits per heavy atom. The van der Waals surface area contributed by atoms with Gasteiger partial charge in [-0.25, -0.2) is 8.78 Å². The van der Waals surface area contributed by atoms with Crippen LogP contribution >= 0.6 is 15.9 Å². The van der Waals surface area contributed by atoms with Crippen LogP contribution in [0.4, 0.5) is 8.78 Å². The van der Waals surface area contributed by atoms with Crippen molar-refractivity contribution in [1.29, 1.82) is 0 Å². The van der Waals surface area contributed by atoms with Crippen molar-refractivity contribution in [2.24, 2.45) is 0 Å². The van der Waals surface area contributed by atoms with Crippen molar-refractivity contribution in [3.63, 3.8) is 0 Å². The van der Waals surface area contributed by atoms with Gasteiger partial charge in [-0.1, -0.05) is 15.9 Å². The molecule has 1 saturated heterocycles. The zero-order chi connectivity index (χ0) is 10.9. The van der Waals surface area contributed by atoms with E-state index in [1.54, 1.807) is 12.1 Å². The molecule has 1 aromatic carbocycles. The number of benzene rings is 1. The van der Waals surface area contributed by atoms with Crippen LogP contribution in [-0.2, 0) is 6.42 Å². The molecule has 1 heterocycles. The number of halogens is 3. The topological polar surface area (TPSA) is 12.0 Å². The molecule has 1 atom stereocenters. The molecule has 1 aliphatic heterocycles. The number of hydrogen-bond acceptors (Lipinski definition) is 1. The fourth-order valence-corrected chi connectivity index (χ4v) is 2.29. The van der Waals surface area contributed by atoms with Crippen LogP contribution in [0.2, 0.25) is 0 Å². The molecule has 1 aliphatic rings. The molecule has 1 nitrogen and oxygen atoms in total. The molecule has 0 radical (unpaired) electrons. The first-order chi connectivity index (χ1) is 7.09. The van der Waals surface area contributed by atoms with Gasteiger partial charge < -0.3 is 5.32 Å². The van der Waals surface area contributed by atoms with Crippen molar-refractivity contribution >= 4 is 15.9 Å². The van der Waals surface area contributed by atoms with Gasteiger partial charge in [0.15, 0.2) is 0 Å². The summed E-state index contributed by atoms with van der Waals surface area (Å²) in [5.41, 5.74) is -0.850. The number of nitrogens with one attached hydrogen (secondary N) is 1. The first-order valence-corrected chi connectivity index (χ1v) is 5.72. The zero-order valence-corrected chi connectivity index (χ0v) is 9.78. The van der Waals surface area contributed by atoms with Gasteiger partial charge in [-0.15, -0.1) is 0 Å². The minimum Gasteiger partial charge on any atom is -0.313 e. The van der Waals surface area contributed by atoms with E-state index in [1.807, 2.05) is 0 Å². The van der Waals surface area contributed by atoms with Crippen LogP contribution in [0, 0.1) is 5.82 Å². The van der Waals surface area contributed by atoms with E-state index < -0.39 is 5.67 Å². The summed E-state index contributed by atoms with van der Waals surface area (Å²) >= 11 is 3.26. The van der Waals surface area contributed by atoms with Gasteiger partial charge in [0, 0.05) is 17.4 Å². The molecular weight excluding hydrogens is 264 g/mol. The van der Waals surface area contributed by atoms with Crippen LogP contribution in [0.1, 0.15) is 12.0 Å². The highest BCUT2D eigenvalue weighted by molar-refractivity contribution is 9.10. The van der Waals surface area contributed by atoms with Crippen molar-refractivity contribution in [2.75, 3.05) is 13.1 Å². The van der Waals surface area contributed by atoms with Gasteiger partial charge in [0.25, 0.3) is 0 Å². The average Bonchev–Trinajstić information content (AvgIpc) is 2.59. The molecule has 82 valence electrons. The second-order valence-electron chi connectivity index (χ2n) is 3.99. The predicted molar refractivity (Wildman–Crippen MR) is 59.1 cm³/mol. The highest BCUT2D eigenvalue weighted by Crippen LogP contribution is 2.27. The van der Waals surface area contributed by atoms with Crippen LogP contribution in [0.15, 0.2) is 22.7 Å². The number of rotatable bonds is 2. The third-order valence-electron chi connectivity index (χ3n) is 2.71. The molecule has 4 heteroatoms. The second-order valence-corrected chi connectivity index (χ2v) is 4.91. The lowest BCUT2D eigenvalue weighted by molar-refractivity contribution is 0.188. The predicted octanol–water partition coefficient (Wildman–Crippen LogP) is 2.83. The molecule has 0 spiro atoms. The van der Waals surface area contributed by atoms with Crippen LogP contribution in [0.3, 0.4) is 0 Å². The smallest absolute Gasteiger partial charge is 0.128 e. The lowest BCUT2D eigenvalue weighted by atomic mass is 9.95. The summed E-state index contributed by atoms with van der Waals surface area (Å²) in [5.74, 6) is -0.331. The van der Waals surface area contributed by atoms with Gasteiger partial charge in [-0.05, 0) is 36.7 Å². The van der Waals surface area contributed by atoms with Gasteiger partial charge in [-0.2, -0.15) is 0 Å². The van der Waals surface area contributed by atoms with Crippen LogP contribution in [0.25, 0.3) is 0 Å². The first kappa shape index (κ1) is 11.0. The molecule has 0 bridgehead atoms. The third kappa shape index (κ3) is 2.55. The minimum absolute atomic E-state index is 0.144. The van der Waals surface area contributed by atoms with Crippen molar-refractivity contribution < 1.29 is 8.78 Å². The quantitative estimate of drug-likeness (QED) is 0.875.